The molecule has 3 rings (SSSR count). The fourth-order valence-corrected chi connectivity index (χ4v) is 2.62. The van der Waals surface area contributed by atoms with Gasteiger partial charge in [-0.15, -0.1) is 0 Å². The minimum Gasteiger partial charge on any atom is -0.486 e. The molecule has 0 spiro atoms. The Kier molecular flexibility index (Phi) is 3.53. The van der Waals surface area contributed by atoms with Crippen molar-refractivity contribution in [1.29, 1.82) is 5.26 Å². The van der Waals surface area contributed by atoms with Crippen molar-refractivity contribution < 1.29 is 9.47 Å². The lowest BCUT2D eigenvalue weighted by molar-refractivity contribution is 0.171. The van der Waals surface area contributed by atoms with Crippen LogP contribution in [-0.2, 0) is 11.8 Å². The van der Waals surface area contributed by atoms with Crippen molar-refractivity contribution in [2.45, 2.75) is 18.8 Å². The number of fused-ring (bicyclic) bond motifs is 1. The van der Waals surface area contributed by atoms with Crippen molar-refractivity contribution in [2.75, 3.05) is 13.2 Å². The highest BCUT2D eigenvalue weighted by Crippen LogP contribution is 2.34. The molecule has 0 bridgehead atoms. The fourth-order valence-electron chi connectivity index (χ4n) is 2.62. The Morgan fingerprint density at radius 1 is 1.05 bits per heavy atom. The average molecular weight is 279 g/mol. The molecule has 0 fully saturated rings. The third kappa shape index (κ3) is 2.71. The highest BCUT2D eigenvalue weighted by atomic mass is 16.6. The van der Waals surface area contributed by atoms with Gasteiger partial charge in [0.1, 0.15) is 13.2 Å². The van der Waals surface area contributed by atoms with E-state index in [1.807, 2.05) is 55.5 Å². The van der Waals surface area contributed by atoms with Crippen molar-refractivity contribution in [3.63, 3.8) is 0 Å². The molecule has 0 saturated carbocycles. The molecule has 3 heteroatoms. The van der Waals surface area contributed by atoms with Crippen LogP contribution in [0, 0.1) is 11.3 Å². The summed E-state index contributed by atoms with van der Waals surface area (Å²) in [5.74, 6) is 1.55. The third-order valence-electron chi connectivity index (χ3n) is 3.82. The zero-order valence-corrected chi connectivity index (χ0v) is 12.0. The second kappa shape index (κ2) is 5.49. The molecule has 0 radical (unpaired) electrons. The van der Waals surface area contributed by atoms with Gasteiger partial charge in [-0.25, -0.2) is 0 Å². The predicted molar refractivity (Wildman–Crippen MR) is 80.5 cm³/mol. The van der Waals surface area contributed by atoms with Gasteiger partial charge in [-0.2, -0.15) is 5.26 Å². The summed E-state index contributed by atoms with van der Waals surface area (Å²) in [7, 11) is 0. The Morgan fingerprint density at radius 3 is 2.48 bits per heavy atom. The molecule has 1 unspecified atom stereocenters. The Balaban J connectivity index is 1.89. The van der Waals surface area contributed by atoms with Crippen LogP contribution in [0.5, 0.6) is 11.5 Å². The quantitative estimate of drug-likeness (QED) is 0.863. The first-order valence-corrected chi connectivity index (χ1v) is 7.07. The molecule has 0 aliphatic carbocycles. The molecule has 1 aliphatic rings. The van der Waals surface area contributed by atoms with E-state index in [9.17, 15) is 5.26 Å². The molecular formula is C18H17NO2. The summed E-state index contributed by atoms with van der Waals surface area (Å²) in [6.45, 7) is 3.13. The van der Waals surface area contributed by atoms with E-state index in [1.54, 1.807) is 0 Å². The van der Waals surface area contributed by atoms with E-state index < -0.39 is 5.41 Å². The van der Waals surface area contributed by atoms with E-state index in [0.29, 0.717) is 19.6 Å². The minimum atomic E-state index is -0.551. The normalized spacial score (nSPS) is 15.8. The Morgan fingerprint density at radius 2 is 1.76 bits per heavy atom. The Bertz CT molecular complexity index is 675. The van der Waals surface area contributed by atoms with Crippen LogP contribution in [0.3, 0.4) is 0 Å². The van der Waals surface area contributed by atoms with Gasteiger partial charge in [-0.05, 0) is 36.6 Å². The topological polar surface area (TPSA) is 42.2 Å². The second-order valence-corrected chi connectivity index (χ2v) is 5.46. The van der Waals surface area contributed by atoms with E-state index in [4.69, 9.17) is 9.47 Å². The van der Waals surface area contributed by atoms with Gasteiger partial charge in [0, 0.05) is 0 Å². The SMILES string of the molecule is CC(C#N)(Cc1ccc2c(c1)OCCO2)c1ccccc1. The Labute approximate surface area is 124 Å². The summed E-state index contributed by atoms with van der Waals surface area (Å²) in [4.78, 5) is 0. The molecule has 0 amide bonds. The van der Waals surface area contributed by atoms with Gasteiger partial charge in [0.2, 0.25) is 0 Å². The molecule has 0 N–H and O–H groups in total. The molecule has 0 aromatic heterocycles. The largest absolute Gasteiger partial charge is 0.486 e. The molecular weight excluding hydrogens is 262 g/mol. The summed E-state index contributed by atoms with van der Waals surface area (Å²) < 4.78 is 11.1. The van der Waals surface area contributed by atoms with Crippen molar-refractivity contribution in [3.8, 4) is 17.6 Å². The predicted octanol–water partition coefficient (Wildman–Crippen LogP) is 3.48. The van der Waals surface area contributed by atoms with Crippen molar-refractivity contribution in [2.24, 2.45) is 0 Å². The maximum atomic E-state index is 9.63. The first-order valence-electron chi connectivity index (χ1n) is 7.07. The highest BCUT2D eigenvalue weighted by Gasteiger charge is 2.27. The first kappa shape index (κ1) is 13.5. The van der Waals surface area contributed by atoms with Crippen LogP contribution in [0.25, 0.3) is 0 Å². The number of benzene rings is 2. The summed E-state index contributed by atoms with van der Waals surface area (Å²) >= 11 is 0. The molecule has 106 valence electrons. The molecule has 2 aromatic rings. The van der Waals surface area contributed by atoms with Gasteiger partial charge in [0.15, 0.2) is 11.5 Å². The van der Waals surface area contributed by atoms with E-state index in [0.717, 1.165) is 22.6 Å². The van der Waals surface area contributed by atoms with Gasteiger partial charge in [-0.3, -0.25) is 0 Å². The van der Waals surface area contributed by atoms with E-state index in [2.05, 4.69) is 6.07 Å². The zero-order valence-electron chi connectivity index (χ0n) is 12.0. The van der Waals surface area contributed by atoms with Crippen molar-refractivity contribution in [3.05, 3.63) is 59.7 Å². The van der Waals surface area contributed by atoms with Gasteiger partial charge in [0.05, 0.1) is 11.5 Å². The summed E-state index contributed by atoms with van der Waals surface area (Å²) in [6.07, 6.45) is 0.643. The van der Waals surface area contributed by atoms with Crippen LogP contribution < -0.4 is 9.47 Å². The zero-order chi connectivity index (χ0) is 14.7. The maximum Gasteiger partial charge on any atom is 0.161 e. The average Bonchev–Trinajstić information content (AvgIpc) is 2.55. The van der Waals surface area contributed by atoms with E-state index in [-0.39, 0.29) is 0 Å². The molecule has 0 saturated heterocycles. The number of hydrogen-bond donors (Lipinski definition) is 0. The minimum absolute atomic E-state index is 0.551. The van der Waals surface area contributed by atoms with E-state index >= 15 is 0 Å². The van der Waals surface area contributed by atoms with Crippen molar-refractivity contribution in [1.82, 2.24) is 0 Å². The summed E-state index contributed by atoms with van der Waals surface area (Å²) in [5, 5.41) is 9.63. The van der Waals surface area contributed by atoms with Crippen LogP contribution in [0.2, 0.25) is 0 Å². The van der Waals surface area contributed by atoms with Crippen molar-refractivity contribution >= 4 is 0 Å². The molecule has 21 heavy (non-hydrogen) atoms. The Hall–Kier alpha value is -2.47. The number of hydrogen-bond acceptors (Lipinski definition) is 3. The number of nitrogens with zero attached hydrogens (tertiary/aromatic N) is 1. The molecule has 3 nitrogen and oxygen atoms in total. The molecule has 2 aromatic carbocycles. The number of rotatable bonds is 3. The van der Waals surface area contributed by atoms with E-state index in [1.165, 1.54) is 0 Å². The smallest absolute Gasteiger partial charge is 0.161 e. The van der Waals surface area contributed by atoms with Crippen LogP contribution in [0.1, 0.15) is 18.1 Å². The molecule has 1 atom stereocenters. The standard InChI is InChI=1S/C18H17NO2/c1-18(13-19,15-5-3-2-4-6-15)12-14-7-8-16-17(11-14)21-10-9-20-16/h2-8,11H,9-10,12H2,1H3. The highest BCUT2D eigenvalue weighted by molar-refractivity contribution is 5.45. The summed E-state index contributed by atoms with van der Waals surface area (Å²) in [5.41, 5.74) is 1.56. The lowest BCUT2D eigenvalue weighted by Gasteiger charge is -2.24. The van der Waals surface area contributed by atoms with Crippen LogP contribution in [0.4, 0.5) is 0 Å². The lowest BCUT2D eigenvalue weighted by atomic mass is 9.78. The van der Waals surface area contributed by atoms with Gasteiger partial charge < -0.3 is 9.47 Å². The lowest BCUT2D eigenvalue weighted by Crippen LogP contribution is -2.23. The monoisotopic (exact) mass is 279 g/mol. The van der Waals surface area contributed by atoms with Crippen LogP contribution >= 0.6 is 0 Å². The third-order valence-corrected chi connectivity index (χ3v) is 3.82. The molecule has 1 aliphatic heterocycles. The fraction of sp³-hybridized carbons (Fsp3) is 0.278. The molecule has 1 heterocycles. The van der Waals surface area contributed by atoms with Gasteiger partial charge >= 0.3 is 0 Å². The number of ether oxygens (including phenoxy) is 2. The van der Waals surface area contributed by atoms with Crippen LogP contribution in [0.15, 0.2) is 48.5 Å². The summed E-state index contributed by atoms with van der Waals surface area (Å²) in [6, 6.07) is 18.3. The second-order valence-electron chi connectivity index (χ2n) is 5.46. The van der Waals surface area contributed by atoms with Gasteiger partial charge in [-0.1, -0.05) is 36.4 Å². The maximum absolute atomic E-state index is 9.63. The van der Waals surface area contributed by atoms with Crippen LogP contribution in [-0.4, -0.2) is 13.2 Å². The number of nitriles is 1. The van der Waals surface area contributed by atoms with Gasteiger partial charge in [0.25, 0.3) is 0 Å². The first-order chi connectivity index (χ1) is 10.2.